The summed E-state index contributed by atoms with van der Waals surface area (Å²) < 4.78 is 2.22. The first-order chi connectivity index (χ1) is 10.7. The molecule has 1 amide bonds. The van der Waals surface area contributed by atoms with E-state index in [4.69, 9.17) is 5.11 Å². The molecule has 2 aromatic rings. The topological polar surface area (TPSA) is 58.4 Å². The predicted octanol–water partition coefficient (Wildman–Crippen LogP) is 3.08. The van der Waals surface area contributed by atoms with Crippen LogP contribution < -0.4 is 0 Å². The predicted molar refractivity (Wildman–Crippen MR) is 85.1 cm³/mol. The number of hydrogen-bond donors (Lipinski definition) is 1. The van der Waals surface area contributed by atoms with Gasteiger partial charge >= 0.3 is 6.09 Å². The minimum Gasteiger partial charge on any atom is -0.465 e. The zero-order chi connectivity index (χ0) is 15.1. The second kappa shape index (κ2) is 5.28. The number of nitrogens with zero attached hydrogens (tertiary/aromatic N) is 3. The molecular formula is C16H17N3O2S. The van der Waals surface area contributed by atoms with Crippen LogP contribution in [0.25, 0.3) is 5.57 Å². The van der Waals surface area contributed by atoms with Crippen LogP contribution in [0.3, 0.4) is 0 Å². The lowest BCUT2D eigenvalue weighted by atomic mass is 9.93. The van der Waals surface area contributed by atoms with Crippen molar-refractivity contribution in [2.75, 3.05) is 13.1 Å². The van der Waals surface area contributed by atoms with E-state index in [-0.39, 0.29) is 0 Å². The summed E-state index contributed by atoms with van der Waals surface area (Å²) >= 11 is 1.81. The SMILES string of the molecule is O=C(O)N1CCC(=C2c3ccsc3CCn3ccnc32)CC1. The average Bonchev–Trinajstić information content (AvgIpc) is 3.14. The number of amides is 1. The Balaban J connectivity index is 1.80. The second-order valence-corrected chi connectivity index (χ2v) is 6.70. The van der Waals surface area contributed by atoms with Gasteiger partial charge in [0.05, 0.1) is 0 Å². The highest BCUT2D eigenvalue weighted by Gasteiger charge is 2.26. The first kappa shape index (κ1) is 13.6. The van der Waals surface area contributed by atoms with Gasteiger partial charge in [-0.2, -0.15) is 0 Å². The van der Waals surface area contributed by atoms with Gasteiger partial charge in [-0.25, -0.2) is 9.78 Å². The van der Waals surface area contributed by atoms with Crippen molar-refractivity contribution in [3.8, 4) is 0 Å². The molecule has 0 spiro atoms. The van der Waals surface area contributed by atoms with E-state index >= 15 is 0 Å². The largest absolute Gasteiger partial charge is 0.465 e. The summed E-state index contributed by atoms with van der Waals surface area (Å²) in [7, 11) is 0. The first-order valence-corrected chi connectivity index (χ1v) is 8.40. The van der Waals surface area contributed by atoms with Crippen molar-refractivity contribution < 1.29 is 9.90 Å². The molecule has 4 heterocycles. The molecule has 6 heteroatoms. The summed E-state index contributed by atoms with van der Waals surface area (Å²) in [5, 5.41) is 11.3. The smallest absolute Gasteiger partial charge is 0.407 e. The average molecular weight is 315 g/mol. The van der Waals surface area contributed by atoms with Crippen molar-refractivity contribution in [2.45, 2.75) is 25.8 Å². The van der Waals surface area contributed by atoms with E-state index in [9.17, 15) is 4.79 Å². The van der Waals surface area contributed by atoms with Crippen LogP contribution in [-0.2, 0) is 13.0 Å². The molecule has 1 saturated heterocycles. The van der Waals surface area contributed by atoms with E-state index in [1.165, 1.54) is 26.5 Å². The molecule has 0 aromatic carbocycles. The molecule has 0 saturated carbocycles. The normalized spacial score (nSPS) is 17.9. The number of carboxylic acid groups (broad SMARTS) is 1. The number of piperidine rings is 1. The van der Waals surface area contributed by atoms with Crippen LogP contribution in [0.1, 0.15) is 29.1 Å². The third-order valence-electron chi connectivity index (χ3n) is 4.52. The van der Waals surface area contributed by atoms with E-state index in [0.29, 0.717) is 13.1 Å². The summed E-state index contributed by atoms with van der Waals surface area (Å²) in [5.74, 6) is 1.04. The molecular weight excluding hydrogens is 298 g/mol. The summed E-state index contributed by atoms with van der Waals surface area (Å²) in [6.45, 7) is 2.11. The fourth-order valence-electron chi connectivity index (χ4n) is 3.38. The van der Waals surface area contributed by atoms with Gasteiger partial charge in [0.1, 0.15) is 5.82 Å². The fourth-order valence-corrected chi connectivity index (χ4v) is 4.26. The number of imidazole rings is 1. The van der Waals surface area contributed by atoms with E-state index in [1.807, 2.05) is 12.4 Å². The van der Waals surface area contributed by atoms with Crippen LogP contribution in [0.4, 0.5) is 4.79 Å². The van der Waals surface area contributed by atoms with Crippen molar-refractivity contribution >= 4 is 23.0 Å². The molecule has 0 radical (unpaired) electrons. The quantitative estimate of drug-likeness (QED) is 0.813. The highest BCUT2D eigenvalue weighted by Crippen LogP contribution is 2.37. The minimum absolute atomic E-state index is 0.578. The van der Waals surface area contributed by atoms with Gasteiger partial charge in [0.15, 0.2) is 0 Å². The number of hydrogen-bond acceptors (Lipinski definition) is 3. The van der Waals surface area contributed by atoms with Gasteiger partial charge < -0.3 is 14.6 Å². The lowest BCUT2D eigenvalue weighted by Gasteiger charge is -2.27. The number of carbonyl (C=O) groups is 1. The van der Waals surface area contributed by atoms with E-state index in [2.05, 4.69) is 21.0 Å². The molecule has 2 aliphatic heterocycles. The molecule has 2 aliphatic rings. The number of aromatic nitrogens is 2. The van der Waals surface area contributed by atoms with E-state index in [1.54, 1.807) is 11.3 Å². The molecule has 0 aliphatic carbocycles. The maximum atomic E-state index is 11.1. The van der Waals surface area contributed by atoms with Gasteiger partial charge in [0.2, 0.25) is 0 Å². The zero-order valence-corrected chi connectivity index (χ0v) is 13.0. The highest BCUT2D eigenvalue weighted by atomic mass is 32.1. The van der Waals surface area contributed by atoms with Gasteiger partial charge in [-0.1, -0.05) is 5.57 Å². The maximum absolute atomic E-state index is 11.1. The molecule has 2 aromatic heterocycles. The molecule has 22 heavy (non-hydrogen) atoms. The first-order valence-electron chi connectivity index (χ1n) is 7.52. The van der Waals surface area contributed by atoms with Gasteiger partial charge in [0.25, 0.3) is 0 Å². The Kier molecular flexibility index (Phi) is 3.26. The Morgan fingerprint density at radius 1 is 1.23 bits per heavy atom. The van der Waals surface area contributed by atoms with Crippen molar-refractivity contribution in [1.82, 2.24) is 14.5 Å². The van der Waals surface area contributed by atoms with Crippen molar-refractivity contribution in [3.63, 3.8) is 0 Å². The molecule has 0 atom stereocenters. The van der Waals surface area contributed by atoms with Gasteiger partial charge in [-0.05, 0) is 29.9 Å². The number of aryl methyl sites for hydroxylation is 2. The van der Waals surface area contributed by atoms with Gasteiger partial charge in [0, 0.05) is 48.9 Å². The lowest BCUT2D eigenvalue weighted by Crippen LogP contribution is -2.35. The Morgan fingerprint density at radius 2 is 2.05 bits per heavy atom. The van der Waals surface area contributed by atoms with Crippen LogP contribution in [0.15, 0.2) is 29.4 Å². The zero-order valence-electron chi connectivity index (χ0n) is 12.2. The minimum atomic E-state index is -0.817. The fraction of sp³-hybridized carbons (Fsp3) is 0.375. The van der Waals surface area contributed by atoms with Crippen LogP contribution >= 0.6 is 11.3 Å². The molecule has 114 valence electrons. The second-order valence-electron chi connectivity index (χ2n) is 5.70. The summed E-state index contributed by atoms with van der Waals surface area (Å²) in [5.41, 5.74) is 3.88. The Hall–Kier alpha value is -2.08. The van der Waals surface area contributed by atoms with Gasteiger partial charge in [-0.15, -0.1) is 11.3 Å². The molecule has 0 unspecified atom stereocenters. The van der Waals surface area contributed by atoms with Crippen LogP contribution in [0.5, 0.6) is 0 Å². The monoisotopic (exact) mass is 315 g/mol. The third-order valence-corrected chi connectivity index (χ3v) is 5.51. The maximum Gasteiger partial charge on any atom is 0.407 e. The molecule has 5 nitrogen and oxygen atoms in total. The molecule has 1 N–H and O–H groups in total. The molecule has 1 fully saturated rings. The number of likely N-dealkylation sites (tertiary alicyclic amines) is 1. The Morgan fingerprint density at radius 3 is 2.82 bits per heavy atom. The highest BCUT2D eigenvalue weighted by molar-refractivity contribution is 7.10. The number of fused-ring (bicyclic) bond motifs is 2. The van der Waals surface area contributed by atoms with Crippen molar-refractivity contribution in [1.29, 1.82) is 0 Å². The van der Waals surface area contributed by atoms with Crippen molar-refractivity contribution in [2.24, 2.45) is 0 Å². The van der Waals surface area contributed by atoms with Crippen LogP contribution in [0, 0.1) is 0 Å². The molecule has 0 bridgehead atoms. The summed E-state index contributed by atoms with van der Waals surface area (Å²) in [6, 6.07) is 2.19. The Labute approximate surface area is 132 Å². The Bertz CT molecular complexity index is 705. The third kappa shape index (κ3) is 2.14. The van der Waals surface area contributed by atoms with E-state index in [0.717, 1.165) is 31.6 Å². The van der Waals surface area contributed by atoms with Crippen molar-refractivity contribution in [3.05, 3.63) is 45.7 Å². The summed E-state index contributed by atoms with van der Waals surface area (Å²) in [6.07, 6.45) is 5.71. The molecule has 4 rings (SSSR count). The standard InChI is InChI=1S/C16H17N3O2S/c20-16(21)19-6-1-11(2-7-19)14-12-4-10-22-13(12)3-8-18-9-5-17-15(14)18/h4-5,9-10H,1-3,6-8H2,(H,20,21). The number of thiophene rings is 1. The van der Waals surface area contributed by atoms with Gasteiger partial charge in [-0.3, -0.25) is 0 Å². The lowest BCUT2D eigenvalue weighted by molar-refractivity contribution is 0.142. The van der Waals surface area contributed by atoms with Crippen LogP contribution in [0.2, 0.25) is 0 Å². The van der Waals surface area contributed by atoms with E-state index < -0.39 is 6.09 Å². The summed E-state index contributed by atoms with van der Waals surface area (Å²) in [4.78, 5) is 18.6. The van der Waals surface area contributed by atoms with Crippen LogP contribution in [-0.4, -0.2) is 38.7 Å². The number of rotatable bonds is 0.